The van der Waals surface area contributed by atoms with Crippen molar-refractivity contribution in [1.82, 2.24) is 14.8 Å². The van der Waals surface area contributed by atoms with Gasteiger partial charge in [0.05, 0.1) is 38.1 Å². The number of anilines is 1. The minimum absolute atomic E-state index is 0.347. The van der Waals surface area contributed by atoms with Crippen LogP contribution in [0, 0.1) is 0 Å². The van der Waals surface area contributed by atoms with E-state index >= 15 is 0 Å². The smallest absolute Gasteiger partial charge is 0.407 e. The number of hydrogen-bond acceptors (Lipinski definition) is 8. The van der Waals surface area contributed by atoms with E-state index in [9.17, 15) is 9.90 Å². The molecule has 2 aliphatic heterocycles. The first-order valence-electron chi connectivity index (χ1n) is 11.5. The molecular formula is C23H33N5O5. The Morgan fingerprint density at radius 3 is 2.58 bits per heavy atom. The van der Waals surface area contributed by atoms with Crippen molar-refractivity contribution in [3.8, 4) is 11.5 Å². The molecular weight excluding hydrogens is 426 g/mol. The standard InChI is InChI=1S/C23H33N5O5/c1-31-20-13-18-19(14-21(20)33-10-2-3-26-8-11-32-12-9-26)25-16-17(15-24)22(18)27-4-6-28(7-5-27)23(29)30/h13-14,16H,2-12,15,24H2,1H3,(H,29,30). The third-order valence-electron chi connectivity index (χ3n) is 6.27. The Morgan fingerprint density at radius 2 is 1.91 bits per heavy atom. The molecule has 0 atom stereocenters. The summed E-state index contributed by atoms with van der Waals surface area (Å²) in [5.41, 5.74) is 8.74. The fourth-order valence-electron chi connectivity index (χ4n) is 4.44. The number of carbonyl (C=O) groups is 1. The van der Waals surface area contributed by atoms with Gasteiger partial charge in [0.15, 0.2) is 11.5 Å². The number of nitrogens with zero attached hydrogens (tertiary/aromatic N) is 4. The van der Waals surface area contributed by atoms with Gasteiger partial charge in [-0.2, -0.15) is 0 Å². The van der Waals surface area contributed by atoms with Crippen molar-refractivity contribution in [2.24, 2.45) is 5.73 Å². The molecule has 0 saturated carbocycles. The maximum atomic E-state index is 11.3. The van der Waals surface area contributed by atoms with Gasteiger partial charge in [0.1, 0.15) is 0 Å². The normalized spacial score (nSPS) is 17.4. The molecule has 1 amide bonds. The van der Waals surface area contributed by atoms with Crippen molar-refractivity contribution < 1.29 is 24.1 Å². The topological polar surface area (TPSA) is 114 Å². The second kappa shape index (κ2) is 10.9. The molecule has 10 heteroatoms. The number of nitrogens with two attached hydrogens (primary N) is 1. The number of piperazine rings is 1. The van der Waals surface area contributed by atoms with Gasteiger partial charge in [0.2, 0.25) is 0 Å². The van der Waals surface area contributed by atoms with E-state index in [0.29, 0.717) is 50.8 Å². The molecule has 3 heterocycles. The third-order valence-corrected chi connectivity index (χ3v) is 6.27. The Bertz CT molecular complexity index is 958. The van der Waals surface area contributed by atoms with E-state index in [1.165, 1.54) is 4.90 Å². The lowest BCUT2D eigenvalue weighted by molar-refractivity contribution is 0.0357. The number of rotatable bonds is 8. The van der Waals surface area contributed by atoms with Gasteiger partial charge in [-0.25, -0.2) is 4.79 Å². The zero-order valence-corrected chi connectivity index (χ0v) is 19.2. The van der Waals surface area contributed by atoms with Crippen LogP contribution in [0.1, 0.15) is 12.0 Å². The van der Waals surface area contributed by atoms with E-state index in [1.54, 1.807) is 13.3 Å². The lowest BCUT2D eigenvalue weighted by Gasteiger charge is -2.36. The number of aromatic nitrogens is 1. The number of amides is 1. The maximum Gasteiger partial charge on any atom is 0.407 e. The van der Waals surface area contributed by atoms with Gasteiger partial charge in [-0.05, 0) is 12.5 Å². The average Bonchev–Trinajstić information content (AvgIpc) is 2.86. The number of carboxylic acid groups (broad SMARTS) is 1. The highest BCUT2D eigenvalue weighted by Gasteiger charge is 2.24. The Balaban J connectivity index is 1.52. The fourth-order valence-corrected chi connectivity index (χ4v) is 4.44. The molecule has 1 aromatic carbocycles. The minimum atomic E-state index is -0.884. The SMILES string of the molecule is COc1cc2c(N3CCN(C(=O)O)CC3)c(CN)cnc2cc1OCCCN1CCOCC1. The van der Waals surface area contributed by atoms with Crippen LogP contribution in [0.15, 0.2) is 18.3 Å². The summed E-state index contributed by atoms with van der Waals surface area (Å²) in [6.45, 7) is 7.53. The molecule has 0 spiro atoms. The van der Waals surface area contributed by atoms with Crippen LogP contribution in [0.5, 0.6) is 11.5 Å². The van der Waals surface area contributed by atoms with Crippen LogP contribution in [-0.2, 0) is 11.3 Å². The fraction of sp³-hybridized carbons (Fsp3) is 0.565. The summed E-state index contributed by atoms with van der Waals surface area (Å²) in [5, 5.41) is 10.2. The summed E-state index contributed by atoms with van der Waals surface area (Å²) >= 11 is 0. The molecule has 180 valence electrons. The second-order valence-electron chi connectivity index (χ2n) is 8.27. The van der Waals surface area contributed by atoms with Crippen molar-refractivity contribution >= 4 is 22.7 Å². The maximum absolute atomic E-state index is 11.3. The Hall–Kier alpha value is -2.82. The number of ether oxygens (including phenoxy) is 3. The van der Waals surface area contributed by atoms with E-state index < -0.39 is 6.09 Å². The van der Waals surface area contributed by atoms with E-state index in [4.69, 9.17) is 19.9 Å². The molecule has 2 aliphatic rings. The molecule has 2 aromatic rings. The summed E-state index contributed by atoms with van der Waals surface area (Å²) in [5.74, 6) is 1.32. The molecule has 2 saturated heterocycles. The van der Waals surface area contributed by atoms with Gasteiger partial charge in [0.25, 0.3) is 0 Å². The third kappa shape index (κ3) is 5.40. The van der Waals surface area contributed by atoms with Gasteiger partial charge >= 0.3 is 6.09 Å². The van der Waals surface area contributed by atoms with Crippen LogP contribution in [0.2, 0.25) is 0 Å². The lowest BCUT2D eigenvalue weighted by atomic mass is 10.1. The second-order valence-corrected chi connectivity index (χ2v) is 8.27. The number of benzene rings is 1. The predicted molar refractivity (Wildman–Crippen MR) is 125 cm³/mol. The minimum Gasteiger partial charge on any atom is -0.493 e. The highest BCUT2D eigenvalue weighted by molar-refractivity contribution is 5.95. The molecule has 4 rings (SSSR count). The molecule has 10 nitrogen and oxygen atoms in total. The highest BCUT2D eigenvalue weighted by atomic mass is 16.5. The van der Waals surface area contributed by atoms with Crippen LogP contribution < -0.4 is 20.1 Å². The van der Waals surface area contributed by atoms with Crippen LogP contribution in [-0.4, -0.2) is 98.7 Å². The zero-order valence-electron chi connectivity index (χ0n) is 19.2. The van der Waals surface area contributed by atoms with Gasteiger partial charge in [0, 0.05) is 75.6 Å². The monoisotopic (exact) mass is 459 g/mol. The van der Waals surface area contributed by atoms with E-state index in [1.807, 2.05) is 12.1 Å². The summed E-state index contributed by atoms with van der Waals surface area (Å²) in [6, 6.07) is 3.87. The van der Waals surface area contributed by atoms with Crippen molar-refractivity contribution in [2.45, 2.75) is 13.0 Å². The van der Waals surface area contributed by atoms with E-state index in [0.717, 1.165) is 61.4 Å². The molecule has 1 aromatic heterocycles. The molecule has 0 bridgehead atoms. The van der Waals surface area contributed by atoms with Crippen molar-refractivity contribution in [3.63, 3.8) is 0 Å². The quantitative estimate of drug-likeness (QED) is 0.568. The summed E-state index contributed by atoms with van der Waals surface area (Å²) in [7, 11) is 1.63. The van der Waals surface area contributed by atoms with E-state index in [-0.39, 0.29) is 0 Å². The van der Waals surface area contributed by atoms with Gasteiger partial charge in [-0.15, -0.1) is 0 Å². The zero-order chi connectivity index (χ0) is 23.2. The lowest BCUT2D eigenvalue weighted by Crippen LogP contribution is -2.48. The number of fused-ring (bicyclic) bond motifs is 1. The first-order valence-corrected chi connectivity index (χ1v) is 11.5. The van der Waals surface area contributed by atoms with Crippen molar-refractivity contribution in [2.75, 3.05) is 77.6 Å². The highest BCUT2D eigenvalue weighted by Crippen LogP contribution is 2.38. The number of methoxy groups -OCH3 is 1. The Morgan fingerprint density at radius 1 is 1.15 bits per heavy atom. The van der Waals surface area contributed by atoms with Crippen LogP contribution >= 0.6 is 0 Å². The first kappa shape index (κ1) is 23.3. The summed E-state index contributed by atoms with van der Waals surface area (Å²) in [4.78, 5) is 21.9. The molecule has 33 heavy (non-hydrogen) atoms. The molecule has 2 fully saturated rings. The van der Waals surface area contributed by atoms with Crippen molar-refractivity contribution in [1.29, 1.82) is 0 Å². The van der Waals surface area contributed by atoms with Crippen LogP contribution in [0.25, 0.3) is 10.9 Å². The van der Waals surface area contributed by atoms with Gasteiger partial charge < -0.3 is 34.9 Å². The summed E-state index contributed by atoms with van der Waals surface area (Å²) < 4.78 is 17.1. The number of hydrogen-bond donors (Lipinski definition) is 2. The molecule has 0 radical (unpaired) electrons. The van der Waals surface area contributed by atoms with Gasteiger partial charge in [-0.1, -0.05) is 0 Å². The average molecular weight is 460 g/mol. The van der Waals surface area contributed by atoms with Crippen LogP contribution in [0.3, 0.4) is 0 Å². The molecule has 3 N–H and O–H groups in total. The van der Waals surface area contributed by atoms with Gasteiger partial charge in [-0.3, -0.25) is 9.88 Å². The summed E-state index contributed by atoms with van der Waals surface area (Å²) in [6.07, 6.45) is 1.83. The van der Waals surface area contributed by atoms with E-state index in [2.05, 4.69) is 14.8 Å². The largest absolute Gasteiger partial charge is 0.493 e. The Labute approximate surface area is 193 Å². The first-order chi connectivity index (χ1) is 16.1. The van der Waals surface area contributed by atoms with Crippen molar-refractivity contribution in [3.05, 3.63) is 23.9 Å². The number of morpholine rings is 1. The Kier molecular flexibility index (Phi) is 7.69. The molecule has 0 aliphatic carbocycles. The molecule has 0 unspecified atom stereocenters. The predicted octanol–water partition coefficient (Wildman–Crippen LogP) is 1.60. The van der Waals surface area contributed by atoms with Crippen LogP contribution in [0.4, 0.5) is 10.5 Å². The number of pyridine rings is 1.